The third kappa shape index (κ3) is 5.55. The number of unbranched alkanes of at least 4 members (excludes halogenated alkanes) is 2. The van der Waals surface area contributed by atoms with Gasteiger partial charge in [0, 0.05) is 42.9 Å². The molecule has 1 N–H and O–H groups in total. The van der Waals surface area contributed by atoms with E-state index in [1.165, 1.54) is 0 Å². The Kier molecular flexibility index (Phi) is 9.47. The first-order chi connectivity index (χ1) is 20.8. The summed E-state index contributed by atoms with van der Waals surface area (Å²) in [5.41, 5.74) is 3.63. The minimum absolute atomic E-state index is 0.0297. The second-order valence-electron chi connectivity index (χ2n) is 12.0. The fraction of sp³-hybridized carbons (Fsp3) is 0.457. The summed E-state index contributed by atoms with van der Waals surface area (Å²) in [5, 5.41) is 9.33. The molecule has 2 bridgehead atoms. The number of likely N-dealkylation sites (tertiary alicyclic amines) is 1. The quantitative estimate of drug-likeness (QED) is 0.249. The van der Waals surface area contributed by atoms with E-state index in [0.29, 0.717) is 38.9 Å². The van der Waals surface area contributed by atoms with Crippen molar-refractivity contribution in [3.05, 3.63) is 85.0 Å². The van der Waals surface area contributed by atoms with Crippen LogP contribution in [0.1, 0.15) is 43.2 Å². The van der Waals surface area contributed by atoms with Crippen molar-refractivity contribution in [3.63, 3.8) is 0 Å². The molecule has 43 heavy (non-hydrogen) atoms. The molecule has 5 rings (SSSR count). The molecule has 3 fully saturated rings. The Morgan fingerprint density at radius 2 is 1.74 bits per heavy atom. The van der Waals surface area contributed by atoms with Gasteiger partial charge in [-0.2, -0.15) is 0 Å². The van der Waals surface area contributed by atoms with Crippen molar-refractivity contribution in [1.29, 1.82) is 0 Å². The lowest BCUT2D eigenvalue weighted by atomic mass is 9.70. The van der Waals surface area contributed by atoms with Crippen LogP contribution in [-0.2, 0) is 14.4 Å². The van der Waals surface area contributed by atoms with Crippen LogP contribution in [0.15, 0.2) is 73.8 Å². The summed E-state index contributed by atoms with van der Waals surface area (Å²) >= 11 is 1.69. The van der Waals surface area contributed by atoms with E-state index < -0.39 is 22.6 Å². The number of carbonyl (C=O) groups is 3. The molecule has 0 aliphatic carbocycles. The van der Waals surface area contributed by atoms with Crippen LogP contribution in [-0.4, -0.2) is 70.0 Å². The molecule has 3 amide bonds. The van der Waals surface area contributed by atoms with E-state index in [9.17, 15) is 19.5 Å². The molecule has 2 aromatic rings. The van der Waals surface area contributed by atoms with Crippen molar-refractivity contribution in [1.82, 2.24) is 4.90 Å². The zero-order valence-electron chi connectivity index (χ0n) is 25.3. The first kappa shape index (κ1) is 31.1. The molecule has 2 aromatic carbocycles. The minimum atomic E-state index is -0.684. The second-order valence-corrected chi connectivity index (χ2v) is 13.6. The number of hydrogen-bond donors (Lipinski definition) is 1. The first-order valence-electron chi connectivity index (χ1n) is 15.3. The molecular formula is C35H43N3O4S. The molecular weight excluding hydrogens is 558 g/mol. The van der Waals surface area contributed by atoms with Crippen molar-refractivity contribution < 1.29 is 19.5 Å². The largest absolute Gasteiger partial charge is 0.396 e. The third-order valence-electron chi connectivity index (χ3n) is 9.26. The number of benzene rings is 2. The summed E-state index contributed by atoms with van der Waals surface area (Å²) in [5.74, 6) is -1.37. The van der Waals surface area contributed by atoms with Gasteiger partial charge in [0.05, 0.1) is 16.6 Å². The smallest absolute Gasteiger partial charge is 0.251 e. The lowest BCUT2D eigenvalue weighted by molar-refractivity contribution is -0.139. The Bertz CT molecular complexity index is 1380. The first-order valence-corrected chi connectivity index (χ1v) is 16.2. The fourth-order valence-electron chi connectivity index (χ4n) is 7.36. The van der Waals surface area contributed by atoms with Crippen molar-refractivity contribution in [2.24, 2.45) is 11.8 Å². The number of anilines is 2. The van der Waals surface area contributed by atoms with Gasteiger partial charge in [0.15, 0.2) is 0 Å². The SMILES string of the molecule is C=CCN(C(=O)[C@@H]1[C@@H]2CCC3(S2)C(C(=O)N(CC=C)c2cc(C)ccc2C)N(CCCCCO)C(=O)[C@H]13)c1ccccc1. The van der Waals surface area contributed by atoms with E-state index >= 15 is 0 Å². The van der Waals surface area contributed by atoms with E-state index in [2.05, 4.69) is 13.2 Å². The maximum atomic E-state index is 14.8. The van der Waals surface area contributed by atoms with Gasteiger partial charge in [-0.15, -0.1) is 24.9 Å². The second kappa shape index (κ2) is 13.1. The van der Waals surface area contributed by atoms with E-state index in [-0.39, 0.29) is 29.6 Å². The minimum Gasteiger partial charge on any atom is -0.396 e. The number of fused-ring (bicyclic) bond motifs is 1. The Morgan fingerprint density at radius 1 is 1.02 bits per heavy atom. The molecule has 3 aliphatic rings. The molecule has 0 saturated carbocycles. The summed E-state index contributed by atoms with van der Waals surface area (Å²) in [4.78, 5) is 49.0. The molecule has 5 atom stereocenters. The van der Waals surface area contributed by atoms with E-state index in [0.717, 1.165) is 35.3 Å². The average Bonchev–Trinajstić information content (AvgIpc) is 3.65. The van der Waals surface area contributed by atoms with Crippen molar-refractivity contribution in [2.45, 2.75) is 62.0 Å². The number of hydrogen-bond acceptors (Lipinski definition) is 5. The van der Waals surface area contributed by atoms with Crippen LogP contribution in [0.25, 0.3) is 0 Å². The van der Waals surface area contributed by atoms with Crippen LogP contribution < -0.4 is 9.80 Å². The number of aliphatic hydroxyl groups is 1. The van der Waals surface area contributed by atoms with Crippen LogP contribution in [0, 0.1) is 25.7 Å². The molecule has 3 heterocycles. The molecule has 8 heteroatoms. The van der Waals surface area contributed by atoms with Gasteiger partial charge >= 0.3 is 0 Å². The molecule has 0 radical (unpaired) electrons. The molecule has 0 aromatic heterocycles. The number of carbonyl (C=O) groups excluding carboxylic acids is 3. The van der Waals surface area contributed by atoms with Gasteiger partial charge in [0.1, 0.15) is 6.04 Å². The molecule has 1 spiro atoms. The molecule has 3 aliphatic heterocycles. The highest BCUT2D eigenvalue weighted by molar-refractivity contribution is 8.02. The van der Waals surface area contributed by atoms with Crippen molar-refractivity contribution >= 4 is 40.9 Å². The number of para-hydroxylation sites is 1. The monoisotopic (exact) mass is 601 g/mol. The number of aryl methyl sites for hydroxylation is 2. The van der Waals surface area contributed by atoms with Crippen LogP contribution in [0.2, 0.25) is 0 Å². The number of thioether (sulfide) groups is 1. The summed E-state index contributed by atoms with van der Waals surface area (Å²) in [7, 11) is 0. The average molecular weight is 602 g/mol. The zero-order valence-corrected chi connectivity index (χ0v) is 26.1. The van der Waals surface area contributed by atoms with Crippen LogP contribution in [0.3, 0.4) is 0 Å². The predicted octanol–water partition coefficient (Wildman–Crippen LogP) is 5.30. The van der Waals surface area contributed by atoms with Crippen LogP contribution in [0.5, 0.6) is 0 Å². The highest BCUT2D eigenvalue weighted by atomic mass is 32.2. The Balaban J connectivity index is 1.55. The van der Waals surface area contributed by atoms with Gasteiger partial charge in [-0.25, -0.2) is 0 Å². The van der Waals surface area contributed by atoms with Gasteiger partial charge < -0.3 is 19.8 Å². The maximum Gasteiger partial charge on any atom is 0.251 e. The third-order valence-corrected chi connectivity index (χ3v) is 11.2. The zero-order chi connectivity index (χ0) is 30.7. The normalized spacial score (nSPS) is 25.5. The lowest BCUT2D eigenvalue weighted by Crippen LogP contribution is -2.55. The van der Waals surface area contributed by atoms with Gasteiger partial charge in [0.25, 0.3) is 5.91 Å². The highest BCUT2D eigenvalue weighted by Gasteiger charge is 2.74. The Hall–Kier alpha value is -3.36. The maximum absolute atomic E-state index is 14.8. The lowest BCUT2D eigenvalue weighted by Gasteiger charge is -2.38. The molecule has 3 saturated heterocycles. The van der Waals surface area contributed by atoms with E-state index in [1.807, 2.05) is 62.4 Å². The van der Waals surface area contributed by atoms with Gasteiger partial charge in [-0.3, -0.25) is 14.4 Å². The summed E-state index contributed by atoms with van der Waals surface area (Å²) in [6, 6.07) is 14.9. The molecule has 2 unspecified atom stereocenters. The Labute approximate surface area is 259 Å². The Morgan fingerprint density at radius 3 is 2.44 bits per heavy atom. The number of nitrogens with zero attached hydrogens (tertiary/aromatic N) is 3. The highest BCUT2D eigenvalue weighted by Crippen LogP contribution is 2.67. The summed E-state index contributed by atoms with van der Waals surface area (Å²) in [6.07, 6.45) is 7.03. The van der Waals surface area contributed by atoms with Gasteiger partial charge in [-0.1, -0.05) is 42.5 Å². The van der Waals surface area contributed by atoms with E-state index in [1.54, 1.807) is 38.6 Å². The predicted molar refractivity (Wildman–Crippen MR) is 174 cm³/mol. The molecule has 7 nitrogen and oxygen atoms in total. The number of aliphatic hydroxyl groups excluding tert-OH is 1. The summed E-state index contributed by atoms with van der Waals surface area (Å²) < 4.78 is -0.677. The summed E-state index contributed by atoms with van der Waals surface area (Å²) in [6.45, 7) is 13.0. The van der Waals surface area contributed by atoms with Gasteiger partial charge in [-0.05, 0) is 75.3 Å². The van der Waals surface area contributed by atoms with E-state index in [4.69, 9.17) is 0 Å². The van der Waals surface area contributed by atoms with Crippen molar-refractivity contribution in [2.75, 3.05) is 36.0 Å². The van der Waals surface area contributed by atoms with Crippen LogP contribution in [0.4, 0.5) is 11.4 Å². The van der Waals surface area contributed by atoms with Crippen molar-refractivity contribution in [3.8, 4) is 0 Å². The standard InChI is InChI=1S/C35H43N3O4S/c1-5-19-36(26-13-9-7-10-14-26)32(40)29-28-17-18-35(43-28)30(29)33(41)38(21-11-8-12-22-39)31(35)34(42)37(20-6-2)27-23-24(3)15-16-25(27)4/h5-7,9-10,13-16,23,28-31,39H,1-2,8,11-12,17-22H2,3-4H3/t28-,29+,30-,31?,35?/m0/s1. The number of rotatable bonds is 13. The fourth-order valence-corrected chi connectivity index (χ4v) is 9.57. The number of amides is 3. The topological polar surface area (TPSA) is 81.2 Å². The molecule has 228 valence electrons. The van der Waals surface area contributed by atoms with Gasteiger partial charge in [0.2, 0.25) is 11.8 Å². The van der Waals surface area contributed by atoms with Crippen LogP contribution >= 0.6 is 11.8 Å².